The van der Waals surface area contributed by atoms with Crippen LogP contribution in [0.5, 0.6) is 0 Å². The van der Waals surface area contributed by atoms with Crippen molar-refractivity contribution in [3.63, 3.8) is 0 Å². The zero-order valence-corrected chi connectivity index (χ0v) is 14.7. The number of rotatable bonds is 6. The summed E-state index contributed by atoms with van der Waals surface area (Å²) in [5.41, 5.74) is 2.90. The van der Waals surface area contributed by atoms with Crippen LogP contribution < -0.4 is 5.32 Å². The van der Waals surface area contributed by atoms with Gasteiger partial charge in [-0.2, -0.15) is 0 Å². The van der Waals surface area contributed by atoms with Gasteiger partial charge in [0.25, 0.3) is 0 Å². The molecule has 0 heterocycles. The maximum Gasteiger partial charge on any atom is 0.336 e. The van der Waals surface area contributed by atoms with Gasteiger partial charge in [-0.05, 0) is 23.8 Å². The minimum absolute atomic E-state index is 0.132. The van der Waals surface area contributed by atoms with Crippen molar-refractivity contribution in [1.29, 1.82) is 0 Å². The lowest BCUT2D eigenvalue weighted by molar-refractivity contribution is -0.113. The van der Waals surface area contributed by atoms with Crippen molar-refractivity contribution in [2.45, 2.75) is 4.90 Å². The lowest BCUT2D eigenvalue weighted by Crippen LogP contribution is -2.15. The van der Waals surface area contributed by atoms with E-state index in [1.165, 1.54) is 17.8 Å². The smallest absolute Gasteiger partial charge is 0.336 e. The normalized spacial score (nSPS) is 10.3. The molecule has 0 saturated carbocycles. The molecule has 0 unspecified atom stereocenters. The van der Waals surface area contributed by atoms with E-state index >= 15 is 0 Å². The van der Waals surface area contributed by atoms with Crippen LogP contribution in [0.2, 0.25) is 0 Å². The molecule has 0 radical (unpaired) electrons. The molecule has 0 aliphatic rings. The van der Waals surface area contributed by atoms with Crippen LogP contribution in [0.4, 0.5) is 5.69 Å². The van der Waals surface area contributed by atoms with Gasteiger partial charge in [0.1, 0.15) is 0 Å². The Labute approximate surface area is 155 Å². The standard InChI is InChI=1S/C21H17NO3S/c23-20(14-26-19-13-7-5-11-17(19)21(24)25)22-18-12-6-4-10-16(18)15-8-2-1-3-9-15/h1-13H,14H2,(H,22,23)(H,24,25). The van der Waals surface area contributed by atoms with E-state index in [1.807, 2.05) is 54.6 Å². The Morgan fingerprint density at radius 1 is 0.846 bits per heavy atom. The van der Waals surface area contributed by atoms with Gasteiger partial charge in [-0.25, -0.2) is 4.79 Å². The number of aromatic carboxylic acids is 1. The van der Waals surface area contributed by atoms with E-state index in [2.05, 4.69) is 5.32 Å². The Morgan fingerprint density at radius 2 is 1.50 bits per heavy atom. The Balaban J connectivity index is 1.71. The predicted octanol–water partition coefficient (Wildman–Crippen LogP) is 4.78. The zero-order valence-electron chi connectivity index (χ0n) is 13.9. The van der Waals surface area contributed by atoms with Crippen molar-refractivity contribution in [1.82, 2.24) is 0 Å². The average Bonchev–Trinajstić information content (AvgIpc) is 2.67. The highest BCUT2D eigenvalue weighted by atomic mass is 32.2. The highest BCUT2D eigenvalue weighted by Gasteiger charge is 2.12. The molecule has 5 heteroatoms. The minimum Gasteiger partial charge on any atom is -0.478 e. The molecule has 3 rings (SSSR count). The van der Waals surface area contributed by atoms with Crippen LogP contribution in [-0.2, 0) is 4.79 Å². The molecule has 0 aliphatic heterocycles. The fourth-order valence-electron chi connectivity index (χ4n) is 2.56. The number of nitrogens with one attached hydrogen (secondary N) is 1. The topological polar surface area (TPSA) is 66.4 Å². The zero-order chi connectivity index (χ0) is 18.4. The molecule has 2 N–H and O–H groups in total. The molecule has 3 aromatic carbocycles. The van der Waals surface area contributed by atoms with Crippen molar-refractivity contribution in [2.75, 3.05) is 11.1 Å². The Bertz CT molecular complexity index is 925. The number of carboxylic acids is 1. The number of hydrogen-bond acceptors (Lipinski definition) is 3. The van der Waals surface area contributed by atoms with Crippen LogP contribution in [0.15, 0.2) is 83.8 Å². The maximum atomic E-state index is 12.4. The van der Waals surface area contributed by atoms with Gasteiger partial charge in [-0.3, -0.25) is 4.79 Å². The summed E-state index contributed by atoms with van der Waals surface area (Å²) in [6.07, 6.45) is 0. The predicted molar refractivity (Wildman–Crippen MR) is 105 cm³/mol. The van der Waals surface area contributed by atoms with Crippen LogP contribution in [0.3, 0.4) is 0 Å². The van der Waals surface area contributed by atoms with Crippen molar-refractivity contribution in [3.05, 3.63) is 84.4 Å². The second kappa shape index (κ2) is 8.36. The maximum absolute atomic E-state index is 12.4. The quantitative estimate of drug-likeness (QED) is 0.619. The molecular formula is C21H17NO3S. The first kappa shape index (κ1) is 17.8. The first-order valence-corrected chi connectivity index (χ1v) is 9.03. The number of hydrogen-bond donors (Lipinski definition) is 2. The summed E-state index contributed by atoms with van der Waals surface area (Å²) in [4.78, 5) is 24.2. The summed E-state index contributed by atoms with van der Waals surface area (Å²) in [6, 6.07) is 24.1. The molecule has 0 spiro atoms. The summed E-state index contributed by atoms with van der Waals surface area (Å²) in [5, 5.41) is 12.1. The molecule has 0 atom stereocenters. The fraction of sp³-hybridized carbons (Fsp3) is 0.0476. The van der Waals surface area contributed by atoms with Gasteiger partial charge < -0.3 is 10.4 Å². The number of carbonyl (C=O) groups excluding carboxylic acids is 1. The van der Waals surface area contributed by atoms with Crippen LogP contribution >= 0.6 is 11.8 Å². The molecule has 0 bridgehead atoms. The summed E-state index contributed by atoms with van der Waals surface area (Å²) >= 11 is 1.21. The molecule has 4 nitrogen and oxygen atoms in total. The van der Waals surface area contributed by atoms with Crippen molar-refractivity contribution in [2.24, 2.45) is 0 Å². The first-order valence-electron chi connectivity index (χ1n) is 8.04. The number of amides is 1. The third-order valence-electron chi connectivity index (χ3n) is 3.76. The number of carbonyl (C=O) groups is 2. The van der Waals surface area contributed by atoms with E-state index in [1.54, 1.807) is 18.2 Å². The second-order valence-corrected chi connectivity index (χ2v) is 6.57. The third-order valence-corrected chi connectivity index (χ3v) is 4.84. The van der Waals surface area contributed by atoms with Crippen LogP contribution in [0.25, 0.3) is 11.1 Å². The van der Waals surface area contributed by atoms with Crippen LogP contribution in [0.1, 0.15) is 10.4 Å². The number of para-hydroxylation sites is 1. The van der Waals surface area contributed by atoms with Crippen LogP contribution in [-0.4, -0.2) is 22.7 Å². The van der Waals surface area contributed by atoms with E-state index in [0.29, 0.717) is 4.90 Å². The van der Waals surface area contributed by atoms with E-state index < -0.39 is 5.97 Å². The fourth-order valence-corrected chi connectivity index (χ4v) is 3.40. The molecule has 0 saturated heterocycles. The van der Waals surface area contributed by atoms with Crippen LogP contribution in [0, 0.1) is 0 Å². The van der Waals surface area contributed by atoms with Gasteiger partial charge >= 0.3 is 5.97 Å². The Morgan fingerprint density at radius 3 is 2.27 bits per heavy atom. The lowest BCUT2D eigenvalue weighted by Gasteiger charge is -2.11. The lowest BCUT2D eigenvalue weighted by atomic mass is 10.0. The van der Waals surface area contributed by atoms with E-state index in [-0.39, 0.29) is 17.2 Å². The van der Waals surface area contributed by atoms with Gasteiger partial charge in [0.2, 0.25) is 5.91 Å². The molecule has 130 valence electrons. The van der Waals surface area contributed by atoms with Gasteiger partial charge in [-0.1, -0.05) is 60.7 Å². The molecule has 1 amide bonds. The van der Waals surface area contributed by atoms with E-state index in [9.17, 15) is 14.7 Å². The molecule has 0 aliphatic carbocycles. The Hall–Kier alpha value is -3.05. The van der Waals surface area contributed by atoms with Gasteiger partial charge in [0.15, 0.2) is 0 Å². The molecule has 3 aromatic rings. The third kappa shape index (κ3) is 4.32. The van der Waals surface area contributed by atoms with Gasteiger partial charge in [0.05, 0.1) is 11.3 Å². The monoisotopic (exact) mass is 363 g/mol. The van der Waals surface area contributed by atoms with Crippen molar-refractivity contribution >= 4 is 29.3 Å². The average molecular weight is 363 g/mol. The number of carboxylic acid groups (broad SMARTS) is 1. The number of thioether (sulfide) groups is 1. The highest BCUT2D eigenvalue weighted by molar-refractivity contribution is 8.00. The molecule has 26 heavy (non-hydrogen) atoms. The highest BCUT2D eigenvalue weighted by Crippen LogP contribution is 2.28. The number of anilines is 1. The van der Waals surface area contributed by atoms with Gasteiger partial charge in [0, 0.05) is 16.1 Å². The summed E-state index contributed by atoms with van der Waals surface area (Å²) in [6.45, 7) is 0. The van der Waals surface area contributed by atoms with Crippen molar-refractivity contribution in [3.8, 4) is 11.1 Å². The van der Waals surface area contributed by atoms with E-state index in [4.69, 9.17) is 0 Å². The molecule has 0 fully saturated rings. The molecular weight excluding hydrogens is 346 g/mol. The largest absolute Gasteiger partial charge is 0.478 e. The second-order valence-electron chi connectivity index (χ2n) is 5.55. The van der Waals surface area contributed by atoms with Crippen molar-refractivity contribution < 1.29 is 14.7 Å². The summed E-state index contributed by atoms with van der Waals surface area (Å²) in [5.74, 6) is -1.05. The summed E-state index contributed by atoms with van der Waals surface area (Å²) in [7, 11) is 0. The summed E-state index contributed by atoms with van der Waals surface area (Å²) < 4.78 is 0. The number of benzene rings is 3. The van der Waals surface area contributed by atoms with Gasteiger partial charge in [-0.15, -0.1) is 11.8 Å². The minimum atomic E-state index is -0.997. The SMILES string of the molecule is O=C(CSc1ccccc1C(=O)O)Nc1ccccc1-c1ccccc1. The molecule has 0 aromatic heterocycles. The first-order chi connectivity index (χ1) is 12.6. The Kier molecular flexibility index (Phi) is 5.71. The van der Waals surface area contributed by atoms with E-state index in [0.717, 1.165) is 16.8 Å².